The van der Waals surface area contributed by atoms with Gasteiger partial charge in [0.25, 0.3) is 0 Å². The van der Waals surface area contributed by atoms with Gasteiger partial charge in [-0.15, -0.1) is 0 Å². The number of nitrogens with one attached hydrogen (secondary N) is 1. The Morgan fingerprint density at radius 2 is 1.67 bits per heavy atom. The highest BCUT2D eigenvalue weighted by molar-refractivity contribution is 5.40. The molecule has 21 heavy (non-hydrogen) atoms. The van der Waals surface area contributed by atoms with Crippen LogP contribution in [0.15, 0.2) is 36.4 Å². The van der Waals surface area contributed by atoms with Gasteiger partial charge in [0, 0.05) is 0 Å². The minimum atomic E-state index is -0.175. The van der Waals surface area contributed by atoms with Gasteiger partial charge in [0.1, 0.15) is 5.82 Å². The van der Waals surface area contributed by atoms with Gasteiger partial charge in [-0.05, 0) is 62.6 Å². The van der Waals surface area contributed by atoms with E-state index >= 15 is 0 Å². The Morgan fingerprint density at radius 3 is 2.24 bits per heavy atom. The molecular formula is C19H24FN. The predicted molar refractivity (Wildman–Crippen MR) is 87.2 cm³/mol. The van der Waals surface area contributed by atoms with Crippen molar-refractivity contribution in [2.24, 2.45) is 0 Å². The summed E-state index contributed by atoms with van der Waals surface area (Å²) in [5, 5.41) is 3.59. The quantitative estimate of drug-likeness (QED) is 0.829. The van der Waals surface area contributed by atoms with Gasteiger partial charge in [0.05, 0.1) is 6.04 Å². The van der Waals surface area contributed by atoms with Crippen LogP contribution in [0.2, 0.25) is 0 Å². The lowest BCUT2D eigenvalue weighted by Gasteiger charge is -2.22. The highest BCUT2D eigenvalue weighted by Crippen LogP contribution is 2.27. The topological polar surface area (TPSA) is 12.0 Å². The first-order chi connectivity index (χ1) is 10.0. The third-order valence-electron chi connectivity index (χ3n) is 3.72. The second-order valence-corrected chi connectivity index (χ2v) is 5.81. The zero-order valence-electron chi connectivity index (χ0n) is 13.3. The first-order valence-corrected chi connectivity index (χ1v) is 7.59. The number of halogens is 1. The number of rotatable bonds is 5. The summed E-state index contributed by atoms with van der Waals surface area (Å²) in [5.41, 5.74) is 5.90. The molecule has 0 saturated carbocycles. The number of hydrogen-bond donors (Lipinski definition) is 1. The molecule has 2 aromatic rings. The Bertz CT molecular complexity index is 599. The fourth-order valence-electron chi connectivity index (χ4n) is 2.84. The highest BCUT2D eigenvalue weighted by Gasteiger charge is 2.16. The van der Waals surface area contributed by atoms with Crippen LogP contribution in [0, 0.1) is 26.6 Å². The summed E-state index contributed by atoms with van der Waals surface area (Å²) in [6.07, 6.45) is 1.07. The molecule has 0 amide bonds. The van der Waals surface area contributed by atoms with Crippen molar-refractivity contribution < 1.29 is 4.39 Å². The molecule has 2 heteroatoms. The molecule has 0 aromatic heterocycles. The lowest BCUT2D eigenvalue weighted by atomic mass is 9.92. The van der Waals surface area contributed by atoms with E-state index in [1.54, 1.807) is 12.1 Å². The van der Waals surface area contributed by atoms with E-state index in [1.165, 1.54) is 16.7 Å². The van der Waals surface area contributed by atoms with Crippen molar-refractivity contribution in [3.8, 4) is 0 Å². The molecule has 2 aromatic carbocycles. The van der Waals surface area contributed by atoms with Crippen LogP contribution >= 0.6 is 0 Å². The molecule has 0 bridgehead atoms. The molecule has 0 heterocycles. The van der Waals surface area contributed by atoms with E-state index in [0.717, 1.165) is 24.1 Å². The van der Waals surface area contributed by atoms with Crippen molar-refractivity contribution in [2.45, 2.75) is 40.2 Å². The molecule has 2 rings (SSSR count). The Morgan fingerprint density at radius 1 is 1.00 bits per heavy atom. The van der Waals surface area contributed by atoms with Crippen LogP contribution in [0.1, 0.15) is 47.2 Å². The molecule has 0 saturated heterocycles. The summed E-state index contributed by atoms with van der Waals surface area (Å²) in [7, 11) is 0. The minimum Gasteiger partial charge on any atom is -0.306 e. The monoisotopic (exact) mass is 285 g/mol. The maximum atomic E-state index is 13.4. The molecule has 1 N–H and O–H groups in total. The van der Waals surface area contributed by atoms with E-state index in [9.17, 15) is 4.39 Å². The average Bonchev–Trinajstić information content (AvgIpc) is 2.40. The van der Waals surface area contributed by atoms with E-state index in [4.69, 9.17) is 0 Å². The maximum Gasteiger partial charge on any atom is 0.123 e. The van der Waals surface area contributed by atoms with E-state index in [1.807, 2.05) is 13.0 Å². The second kappa shape index (κ2) is 6.86. The fraction of sp³-hybridized carbons (Fsp3) is 0.368. The summed E-state index contributed by atoms with van der Waals surface area (Å²) in [6.45, 7) is 9.30. The van der Waals surface area contributed by atoms with E-state index in [-0.39, 0.29) is 11.9 Å². The molecule has 0 aliphatic rings. The molecule has 0 aliphatic carbocycles. The van der Waals surface area contributed by atoms with E-state index < -0.39 is 0 Å². The van der Waals surface area contributed by atoms with Crippen molar-refractivity contribution in [1.82, 2.24) is 5.32 Å². The van der Waals surface area contributed by atoms with Gasteiger partial charge in [-0.2, -0.15) is 0 Å². The van der Waals surface area contributed by atoms with Crippen LogP contribution in [0.4, 0.5) is 4.39 Å². The third-order valence-corrected chi connectivity index (χ3v) is 3.72. The molecule has 1 nitrogen and oxygen atoms in total. The molecule has 0 radical (unpaired) electrons. The summed E-state index contributed by atoms with van der Waals surface area (Å²) >= 11 is 0. The minimum absolute atomic E-state index is 0.115. The number of benzene rings is 2. The van der Waals surface area contributed by atoms with Crippen LogP contribution in [-0.2, 0) is 0 Å². The normalized spacial score (nSPS) is 12.4. The van der Waals surface area contributed by atoms with Crippen LogP contribution < -0.4 is 5.32 Å². The first kappa shape index (κ1) is 15.7. The molecule has 0 fully saturated rings. The van der Waals surface area contributed by atoms with Gasteiger partial charge < -0.3 is 5.32 Å². The second-order valence-electron chi connectivity index (χ2n) is 5.81. The van der Waals surface area contributed by atoms with Crippen LogP contribution in [0.5, 0.6) is 0 Å². The Kier molecular flexibility index (Phi) is 5.13. The average molecular weight is 285 g/mol. The van der Waals surface area contributed by atoms with Crippen molar-refractivity contribution in [1.29, 1.82) is 0 Å². The van der Waals surface area contributed by atoms with Crippen LogP contribution in [0.3, 0.4) is 0 Å². The Labute approximate surface area is 127 Å². The summed E-state index contributed by atoms with van der Waals surface area (Å²) in [4.78, 5) is 0. The standard InChI is InChI=1S/C19H24FN/c1-5-8-21-19(16-10-13(2)9-14(3)11-16)18-7-6-17(20)12-15(18)4/h6-7,9-12,19,21H,5,8H2,1-4H3. The number of aryl methyl sites for hydroxylation is 3. The fourth-order valence-corrected chi connectivity index (χ4v) is 2.84. The van der Waals surface area contributed by atoms with Crippen molar-refractivity contribution in [3.63, 3.8) is 0 Å². The molecular weight excluding hydrogens is 261 g/mol. The first-order valence-electron chi connectivity index (χ1n) is 7.59. The van der Waals surface area contributed by atoms with Gasteiger partial charge in [0.2, 0.25) is 0 Å². The summed E-state index contributed by atoms with van der Waals surface area (Å²) < 4.78 is 13.4. The number of hydrogen-bond acceptors (Lipinski definition) is 1. The van der Waals surface area contributed by atoms with Gasteiger partial charge in [-0.25, -0.2) is 4.39 Å². The van der Waals surface area contributed by atoms with Gasteiger partial charge >= 0.3 is 0 Å². The highest BCUT2D eigenvalue weighted by atomic mass is 19.1. The zero-order valence-corrected chi connectivity index (χ0v) is 13.3. The van der Waals surface area contributed by atoms with Crippen LogP contribution in [-0.4, -0.2) is 6.54 Å². The zero-order chi connectivity index (χ0) is 15.4. The maximum absolute atomic E-state index is 13.4. The molecule has 0 aliphatic heterocycles. The predicted octanol–water partition coefficient (Wildman–Crippen LogP) is 4.84. The molecule has 1 atom stereocenters. The molecule has 0 spiro atoms. The van der Waals surface area contributed by atoms with Crippen molar-refractivity contribution in [2.75, 3.05) is 6.54 Å². The third kappa shape index (κ3) is 3.92. The van der Waals surface area contributed by atoms with E-state index in [2.05, 4.69) is 44.3 Å². The van der Waals surface area contributed by atoms with Gasteiger partial charge in [-0.1, -0.05) is 42.3 Å². The summed E-state index contributed by atoms with van der Waals surface area (Å²) in [6, 6.07) is 11.8. The smallest absolute Gasteiger partial charge is 0.123 e. The van der Waals surface area contributed by atoms with E-state index in [0.29, 0.717) is 0 Å². The SMILES string of the molecule is CCCNC(c1cc(C)cc(C)c1)c1ccc(F)cc1C. The lowest BCUT2D eigenvalue weighted by Crippen LogP contribution is -2.24. The summed E-state index contributed by atoms with van der Waals surface area (Å²) in [5.74, 6) is -0.175. The van der Waals surface area contributed by atoms with Crippen molar-refractivity contribution in [3.05, 3.63) is 70.0 Å². The van der Waals surface area contributed by atoms with Gasteiger partial charge in [0.15, 0.2) is 0 Å². The lowest BCUT2D eigenvalue weighted by molar-refractivity contribution is 0.589. The Hall–Kier alpha value is -1.67. The molecule has 1 unspecified atom stereocenters. The Balaban J connectivity index is 2.46. The van der Waals surface area contributed by atoms with Gasteiger partial charge in [-0.3, -0.25) is 0 Å². The van der Waals surface area contributed by atoms with Crippen molar-refractivity contribution >= 4 is 0 Å². The van der Waals surface area contributed by atoms with Crippen LogP contribution in [0.25, 0.3) is 0 Å². The molecule has 112 valence electrons. The largest absolute Gasteiger partial charge is 0.306 e.